The Morgan fingerprint density at radius 2 is 2.04 bits per heavy atom. The average Bonchev–Trinajstić information content (AvgIpc) is 3.02. The number of likely N-dealkylation sites (tertiary alicyclic amines) is 1. The number of amides is 1. The maximum atomic E-state index is 13.3. The molecule has 2 heterocycles. The Kier molecular flexibility index (Phi) is 3.12. The fourth-order valence-electron chi connectivity index (χ4n) is 5.19. The van der Waals surface area contributed by atoms with Crippen molar-refractivity contribution < 1.29 is 4.79 Å². The Labute approximate surface area is 153 Å². The third-order valence-corrected chi connectivity index (χ3v) is 6.90. The monoisotopic (exact) mass is 352 g/mol. The number of hydrogen-bond donors (Lipinski definition) is 0. The summed E-state index contributed by atoms with van der Waals surface area (Å²) in [6.45, 7) is 5.25. The number of carbonyl (C=O) groups is 1. The molecule has 4 atom stereocenters. The molecule has 3 nitrogen and oxygen atoms in total. The van der Waals surface area contributed by atoms with Gasteiger partial charge in [-0.2, -0.15) is 0 Å². The molecule has 0 spiro atoms. The first-order valence-electron chi connectivity index (χ1n) is 8.98. The van der Waals surface area contributed by atoms with E-state index in [1.807, 2.05) is 6.07 Å². The van der Waals surface area contributed by atoms with Crippen LogP contribution < -0.4 is 0 Å². The molecule has 1 saturated carbocycles. The highest BCUT2D eigenvalue weighted by Crippen LogP contribution is 2.67. The number of halogens is 1. The van der Waals surface area contributed by atoms with Gasteiger partial charge in [0.05, 0.1) is 17.0 Å². The van der Waals surface area contributed by atoms with Crippen LogP contribution in [0.5, 0.6) is 0 Å². The Bertz CT molecular complexity index is 878. The van der Waals surface area contributed by atoms with Crippen LogP contribution in [0.3, 0.4) is 0 Å². The van der Waals surface area contributed by atoms with E-state index in [1.54, 1.807) is 12.4 Å². The molecule has 1 aromatic heterocycles. The zero-order valence-corrected chi connectivity index (χ0v) is 15.2. The summed E-state index contributed by atoms with van der Waals surface area (Å²) < 4.78 is 0. The standard InChI is InChI=1S/C21H21ClN2O/c1-21(2)17(15-7-8-23-10-16(15)22)18(21)20(25)24-11-13-9-12-5-3-4-6-14(12)19(13)24/h3-8,10,13,17-19H,9,11H2,1-2H3/t13-,17+,18-,19+/m0/s1. The summed E-state index contributed by atoms with van der Waals surface area (Å²) in [6.07, 6.45) is 4.56. The molecule has 128 valence electrons. The van der Waals surface area contributed by atoms with E-state index < -0.39 is 0 Å². The topological polar surface area (TPSA) is 33.2 Å². The van der Waals surface area contributed by atoms with Gasteiger partial charge in [0.15, 0.2) is 0 Å². The molecule has 0 radical (unpaired) electrons. The quantitative estimate of drug-likeness (QED) is 0.810. The van der Waals surface area contributed by atoms with Crippen molar-refractivity contribution in [2.24, 2.45) is 17.3 Å². The van der Waals surface area contributed by atoms with Crippen molar-refractivity contribution in [2.75, 3.05) is 6.54 Å². The summed E-state index contributed by atoms with van der Waals surface area (Å²) in [7, 11) is 0. The van der Waals surface area contributed by atoms with Gasteiger partial charge >= 0.3 is 0 Å². The summed E-state index contributed by atoms with van der Waals surface area (Å²) in [5.74, 6) is 1.10. The summed E-state index contributed by atoms with van der Waals surface area (Å²) in [6, 6.07) is 10.8. The van der Waals surface area contributed by atoms with E-state index in [0.29, 0.717) is 16.8 Å². The van der Waals surface area contributed by atoms with Gasteiger partial charge in [0.25, 0.3) is 0 Å². The molecule has 2 fully saturated rings. The van der Waals surface area contributed by atoms with E-state index in [-0.39, 0.29) is 23.3 Å². The van der Waals surface area contributed by atoms with Gasteiger partial charge in [-0.15, -0.1) is 0 Å². The van der Waals surface area contributed by atoms with Crippen molar-refractivity contribution >= 4 is 17.5 Å². The van der Waals surface area contributed by atoms with Crippen molar-refractivity contribution in [3.63, 3.8) is 0 Å². The third kappa shape index (κ3) is 2.05. The smallest absolute Gasteiger partial charge is 0.227 e. The molecule has 1 amide bonds. The second kappa shape index (κ2) is 5.07. The molecule has 2 aromatic rings. The number of pyridine rings is 1. The number of carbonyl (C=O) groups excluding carboxylic acids is 1. The normalized spacial score (nSPS) is 31.1. The lowest BCUT2D eigenvalue weighted by molar-refractivity contribution is -0.145. The van der Waals surface area contributed by atoms with E-state index in [0.717, 1.165) is 18.5 Å². The van der Waals surface area contributed by atoms with Crippen LogP contribution in [0, 0.1) is 17.3 Å². The van der Waals surface area contributed by atoms with E-state index in [4.69, 9.17) is 11.6 Å². The predicted octanol–water partition coefficient (Wildman–Crippen LogP) is 4.23. The second-order valence-electron chi connectivity index (χ2n) is 8.27. The molecule has 0 unspecified atom stereocenters. The molecule has 2 aliphatic carbocycles. The van der Waals surface area contributed by atoms with Crippen molar-refractivity contribution in [1.29, 1.82) is 0 Å². The van der Waals surface area contributed by atoms with E-state index in [1.165, 1.54) is 11.1 Å². The number of rotatable bonds is 2. The van der Waals surface area contributed by atoms with Gasteiger partial charge in [-0.1, -0.05) is 49.7 Å². The van der Waals surface area contributed by atoms with Gasteiger partial charge in [0.2, 0.25) is 5.91 Å². The zero-order chi connectivity index (χ0) is 17.3. The molecular weight excluding hydrogens is 332 g/mol. The third-order valence-electron chi connectivity index (χ3n) is 6.58. The maximum absolute atomic E-state index is 13.3. The number of aromatic nitrogens is 1. The maximum Gasteiger partial charge on any atom is 0.227 e. The lowest BCUT2D eigenvalue weighted by Gasteiger charge is -2.45. The fourth-order valence-corrected chi connectivity index (χ4v) is 5.43. The first kappa shape index (κ1) is 15.4. The van der Waals surface area contributed by atoms with Gasteiger partial charge in [0.1, 0.15) is 0 Å². The summed E-state index contributed by atoms with van der Waals surface area (Å²) >= 11 is 6.35. The Morgan fingerprint density at radius 3 is 2.84 bits per heavy atom. The minimum atomic E-state index is -0.0503. The molecule has 4 heteroatoms. The lowest BCUT2D eigenvalue weighted by Crippen LogP contribution is -2.51. The van der Waals surface area contributed by atoms with Crippen molar-refractivity contribution in [2.45, 2.75) is 32.2 Å². The Morgan fingerprint density at radius 1 is 1.24 bits per heavy atom. The van der Waals surface area contributed by atoms with Gasteiger partial charge in [-0.05, 0) is 34.6 Å². The van der Waals surface area contributed by atoms with Gasteiger partial charge in [-0.3, -0.25) is 9.78 Å². The van der Waals surface area contributed by atoms with Crippen molar-refractivity contribution in [3.8, 4) is 0 Å². The molecule has 25 heavy (non-hydrogen) atoms. The van der Waals surface area contributed by atoms with Crippen LogP contribution in [0.25, 0.3) is 0 Å². The van der Waals surface area contributed by atoms with E-state index in [9.17, 15) is 4.79 Å². The van der Waals surface area contributed by atoms with Gasteiger partial charge in [0, 0.05) is 30.8 Å². The largest absolute Gasteiger partial charge is 0.335 e. The number of nitrogens with zero attached hydrogens (tertiary/aromatic N) is 2. The first-order valence-corrected chi connectivity index (χ1v) is 9.35. The van der Waals surface area contributed by atoms with Crippen LogP contribution in [0.15, 0.2) is 42.7 Å². The van der Waals surface area contributed by atoms with Crippen molar-refractivity contribution in [3.05, 3.63) is 64.4 Å². The molecule has 0 N–H and O–H groups in total. The summed E-state index contributed by atoms with van der Waals surface area (Å²) in [5, 5.41) is 0.670. The molecule has 1 aliphatic heterocycles. The number of hydrogen-bond acceptors (Lipinski definition) is 2. The van der Waals surface area contributed by atoms with Crippen LogP contribution in [0.4, 0.5) is 0 Å². The SMILES string of the molecule is CC1(C)[C@H](C(=O)N2C[C@@H]3Cc4ccccc4[C@@H]32)[C@H]1c1ccncc1Cl. The van der Waals surface area contributed by atoms with Crippen LogP contribution in [0.2, 0.25) is 5.02 Å². The summed E-state index contributed by atoms with van der Waals surface area (Å²) in [4.78, 5) is 19.5. The average molecular weight is 353 g/mol. The lowest BCUT2D eigenvalue weighted by atomic mass is 9.88. The van der Waals surface area contributed by atoms with E-state index in [2.05, 4.69) is 48.0 Å². The minimum Gasteiger partial charge on any atom is -0.335 e. The van der Waals surface area contributed by atoms with Crippen LogP contribution >= 0.6 is 11.6 Å². The Balaban J connectivity index is 1.42. The minimum absolute atomic E-state index is 0.0149. The predicted molar refractivity (Wildman–Crippen MR) is 97.3 cm³/mol. The fraction of sp³-hybridized carbons (Fsp3) is 0.429. The van der Waals surface area contributed by atoms with Crippen molar-refractivity contribution in [1.82, 2.24) is 9.88 Å². The molecule has 3 aliphatic rings. The molecule has 5 rings (SSSR count). The Hall–Kier alpha value is -1.87. The first-order chi connectivity index (χ1) is 12.0. The number of fused-ring (bicyclic) bond motifs is 3. The molecule has 0 bridgehead atoms. The number of benzene rings is 1. The van der Waals surface area contributed by atoms with Gasteiger partial charge in [-0.25, -0.2) is 0 Å². The summed E-state index contributed by atoms with van der Waals surface area (Å²) in [5.41, 5.74) is 3.77. The van der Waals surface area contributed by atoms with Crippen LogP contribution in [0.1, 0.15) is 42.5 Å². The van der Waals surface area contributed by atoms with Crippen LogP contribution in [-0.2, 0) is 11.2 Å². The highest BCUT2D eigenvalue weighted by Gasteiger charge is 2.65. The zero-order valence-electron chi connectivity index (χ0n) is 14.4. The second-order valence-corrected chi connectivity index (χ2v) is 8.68. The highest BCUT2D eigenvalue weighted by molar-refractivity contribution is 6.31. The highest BCUT2D eigenvalue weighted by atomic mass is 35.5. The van der Waals surface area contributed by atoms with Crippen LogP contribution in [-0.4, -0.2) is 22.3 Å². The molecule has 1 aromatic carbocycles. The van der Waals surface area contributed by atoms with E-state index >= 15 is 0 Å². The van der Waals surface area contributed by atoms with Gasteiger partial charge < -0.3 is 4.90 Å². The molecule has 1 saturated heterocycles. The molecular formula is C21H21ClN2O.